The first-order chi connectivity index (χ1) is 8.97. The Morgan fingerprint density at radius 2 is 1.42 bits per heavy atom. The van der Waals surface area contributed by atoms with Gasteiger partial charge in [0.2, 0.25) is 0 Å². The van der Waals surface area contributed by atoms with Crippen LogP contribution in [0, 0.1) is 27.7 Å². The summed E-state index contributed by atoms with van der Waals surface area (Å²) in [5, 5.41) is 3.00. The van der Waals surface area contributed by atoms with E-state index in [0.29, 0.717) is 0 Å². The van der Waals surface area contributed by atoms with E-state index >= 15 is 0 Å². The number of carbonyl (C=O) groups excluding carboxylic acids is 1. The number of anilines is 1. The fourth-order valence-electron chi connectivity index (χ4n) is 2.04. The number of nitrogens with one attached hydrogen (secondary N) is 1. The van der Waals surface area contributed by atoms with Crippen LogP contribution in [-0.4, -0.2) is 5.91 Å². The van der Waals surface area contributed by atoms with Gasteiger partial charge in [-0.25, -0.2) is 0 Å². The molecule has 0 spiro atoms. The Hall–Kier alpha value is -2.09. The minimum Gasteiger partial charge on any atom is -0.322 e. The average Bonchev–Trinajstić information content (AvgIpc) is 2.36. The van der Waals surface area contributed by atoms with Gasteiger partial charge in [-0.15, -0.1) is 0 Å². The quantitative estimate of drug-likeness (QED) is 0.855. The molecule has 2 heteroatoms. The highest BCUT2D eigenvalue weighted by Crippen LogP contribution is 2.19. The van der Waals surface area contributed by atoms with Crippen molar-refractivity contribution < 1.29 is 4.79 Å². The summed E-state index contributed by atoms with van der Waals surface area (Å²) in [4.78, 5) is 12.3. The molecule has 0 bridgehead atoms. The summed E-state index contributed by atoms with van der Waals surface area (Å²) in [6.07, 6.45) is 0. The van der Waals surface area contributed by atoms with Crippen LogP contribution < -0.4 is 5.32 Å². The Morgan fingerprint density at radius 3 is 2.11 bits per heavy atom. The highest BCUT2D eigenvalue weighted by molar-refractivity contribution is 6.05. The molecular formula is C17H19NO. The minimum absolute atomic E-state index is 0.0464. The summed E-state index contributed by atoms with van der Waals surface area (Å²) in [5.74, 6) is -0.0464. The Balaban J connectivity index is 2.30. The molecule has 1 amide bonds. The molecule has 0 fully saturated rings. The standard InChI is InChI=1S/C17H19NO/c1-11-5-7-13(3)15(9-11)17(19)18-16-10-12(2)6-8-14(16)4/h5-10H,1-4H3,(H,18,19). The highest BCUT2D eigenvalue weighted by Gasteiger charge is 2.10. The normalized spacial score (nSPS) is 10.3. The SMILES string of the molecule is Cc1ccc(C)c(NC(=O)c2cc(C)ccc2C)c1. The van der Waals surface area contributed by atoms with Gasteiger partial charge in [0.05, 0.1) is 0 Å². The van der Waals surface area contributed by atoms with E-state index in [1.165, 1.54) is 0 Å². The molecule has 2 aromatic rings. The van der Waals surface area contributed by atoms with Gasteiger partial charge in [-0.2, -0.15) is 0 Å². The number of aryl methyl sites for hydroxylation is 4. The van der Waals surface area contributed by atoms with Gasteiger partial charge < -0.3 is 5.32 Å². The Bertz CT molecular complexity index is 629. The largest absolute Gasteiger partial charge is 0.322 e. The summed E-state index contributed by atoms with van der Waals surface area (Å²) in [7, 11) is 0. The molecule has 19 heavy (non-hydrogen) atoms. The number of benzene rings is 2. The van der Waals surface area contributed by atoms with E-state index in [1.807, 2.05) is 64.1 Å². The van der Waals surface area contributed by atoms with Gasteiger partial charge in [0.25, 0.3) is 5.91 Å². The third-order valence-corrected chi connectivity index (χ3v) is 3.28. The van der Waals surface area contributed by atoms with E-state index in [9.17, 15) is 4.79 Å². The van der Waals surface area contributed by atoms with Crippen molar-refractivity contribution in [3.63, 3.8) is 0 Å². The smallest absolute Gasteiger partial charge is 0.255 e. The Morgan fingerprint density at radius 1 is 0.842 bits per heavy atom. The number of carbonyl (C=O) groups is 1. The maximum absolute atomic E-state index is 12.3. The van der Waals surface area contributed by atoms with Gasteiger partial charge in [0.15, 0.2) is 0 Å². The van der Waals surface area contributed by atoms with Gasteiger partial charge in [0.1, 0.15) is 0 Å². The lowest BCUT2D eigenvalue weighted by atomic mass is 10.0. The summed E-state index contributed by atoms with van der Waals surface area (Å²) >= 11 is 0. The molecule has 0 saturated heterocycles. The first-order valence-electron chi connectivity index (χ1n) is 6.43. The summed E-state index contributed by atoms with van der Waals surface area (Å²) < 4.78 is 0. The molecule has 0 aliphatic rings. The molecule has 2 rings (SSSR count). The van der Waals surface area contributed by atoms with Crippen LogP contribution in [0.25, 0.3) is 0 Å². The van der Waals surface area contributed by atoms with Crippen LogP contribution in [0.1, 0.15) is 32.6 Å². The van der Waals surface area contributed by atoms with Crippen molar-refractivity contribution >= 4 is 11.6 Å². The van der Waals surface area contributed by atoms with Gasteiger partial charge in [-0.1, -0.05) is 29.8 Å². The monoisotopic (exact) mass is 253 g/mol. The molecule has 2 aromatic carbocycles. The number of hydrogen-bond acceptors (Lipinski definition) is 1. The lowest BCUT2D eigenvalue weighted by Gasteiger charge is -2.11. The molecule has 2 nitrogen and oxygen atoms in total. The van der Waals surface area contributed by atoms with Crippen LogP contribution in [0.4, 0.5) is 5.69 Å². The molecule has 0 saturated carbocycles. The first kappa shape index (κ1) is 13.3. The molecular weight excluding hydrogens is 234 g/mol. The van der Waals surface area contributed by atoms with Gasteiger partial charge in [-0.05, 0) is 56.5 Å². The van der Waals surface area contributed by atoms with Crippen LogP contribution in [0.3, 0.4) is 0 Å². The van der Waals surface area contributed by atoms with E-state index in [2.05, 4.69) is 5.32 Å². The zero-order valence-electron chi connectivity index (χ0n) is 11.9. The van der Waals surface area contributed by atoms with Crippen molar-refractivity contribution in [3.05, 3.63) is 64.2 Å². The van der Waals surface area contributed by atoms with Gasteiger partial charge >= 0.3 is 0 Å². The van der Waals surface area contributed by atoms with Crippen LogP contribution in [0.15, 0.2) is 36.4 Å². The van der Waals surface area contributed by atoms with Crippen LogP contribution in [0.2, 0.25) is 0 Å². The number of amides is 1. The molecule has 0 aliphatic carbocycles. The van der Waals surface area contributed by atoms with E-state index in [4.69, 9.17) is 0 Å². The predicted octanol–water partition coefficient (Wildman–Crippen LogP) is 4.17. The summed E-state index contributed by atoms with van der Waals surface area (Å²) in [5.41, 5.74) is 5.92. The third-order valence-electron chi connectivity index (χ3n) is 3.28. The predicted molar refractivity (Wildman–Crippen MR) is 79.8 cm³/mol. The zero-order chi connectivity index (χ0) is 14.0. The lowest BCUT2D eigenvalue weighted by Crippen LogP contribution is -2.14. The van der Waals surface area contributed by atoms with Crippen LogP contribution in [-0.2, 0) is 0 Å². The summed E-state index contributed by atoms with van der Waals surface area (Å²) in [6.45, 7) is 7.97. The zero-order valence-corrected chi connectivity index (χ0v) is 11.9. The maximum atomic E-state index is 12.3. The molecule has 98 valence electrons. The molecule has 0 aliphatic heterocycles. The molecule has 0 unspecified atom stereocenters. The van der Waals surface area contributed by atoms with Crippen LogP contribution in [0.5, 0.6) is 0 Å². The fraction of sp³-hybridized carbons (Fsp3) is 0.235. The molecule has 0 heterocycles. The fourth-order valence-corrected chi connectivity index (χ4v) is 2.04. The second-order valence-electron chi connectivity index (χ2n) is 5.09. The topological polar surface area (TPSA) is 29.1 Å². The number of rotatable bonds is 2. The number of hydrogen-bond donors (Lipinski definition) is 1. The second kappa shape index (κ2) is 5.27. The molecule has 0 aromatic heterocycles. The van der Waals surface area contributed by atoms with E-state index < -0.39 is 0 Å². The lowest BCUT2D eigenvalue weighted by molar-refractivity contribution is 0.102. The highest BCUT2D eigenvalue weighted by atomic mass is 16.1. The molecule has 0 atom stereocenters. The Kier molecular flexibility index (Phi) is 3.70. The average molecular weight is 253 g/mol. The summed E-state index contributed by atoms with van der Waals surface area (Å²) in [6, 6.07) is 12.0. The van der Waals surface area contributed by atoms with Crippen molar-refractivity contribution in [3.8, 4) is 0 Å². The van der Waals surface area contributed by atoms with Crippen molar-refractivity contribution in [2.24, 2.45) is 0 Å². The molecule has 0 radical (unpaired) electrons. The molecule has 1 N–H and O–H groups in total. The van der Waals surface area contributed by atoms with E-state index in [1.54, 1.807) is 0 Å². The van der Waals surface area contributed by atoms with Crippen molar-refractivity contribution in [2.75, 3.05) is 5.32 Å². The van der Waals surface area contributed by atoms with Crippen molar-refractivity contribution in [2.45, 2.75) is 27.7 Å². The van der Waals surface area contributed by atoms with E-state index in [0.717, 1.165) is 33.5 Å². The van der Waals surface area contributed by atoms with Crippen LogP contribution >= 0.6 is 0 Å². The maximum Gasteiger partial charge on any atom is 0.255 e. The first-order valence-corrected chi connectivity index (χ1v) is 6.43. The minimum atomic E-state index is -0.0464. The van der Waals surface area contributed by atoms with Gasteiger partial charge in [-0.3, -0.25) is 4.79 Å². The van der Waals surface area contributed by atoms with Crippen molar-refractivity contribution in [1.29, 1.82) is 0 Å². The van der Waals surface area contributed by atoms with Crippen molar-refractivity contribution in [1.82, 2.24) is 0 Å². The van der Waals surface area contributed by atoms with Gasteiger partial charge in [0, 0.05) is 11.3 Å². The second-order valence-corrected chi connectivity index (χ2v) is 5.09. The van der Waals surface area contributed by atoms with E-state index in [-0.39, 0.29) is 5.91 Å². The Labute approximate surface area is 114 Å². The third kappa shape index (κ3) is 3.02.